The summed E-state index contributed by atoms with van der Waals surface area (Å²) >= 11 is 0. The van der Waals surface area contributed by atoms with Crippen molar-refractivity contribution in [3.63, 3.8) is 0 Å². The van der Waals surface area contributed by atoms with Crippen molar-refractivity contribution in [2.24, 2.45) is 11.1 Å². The molecule has 0 atom stereocenters. The Hall–Kier alpha value is -0.0800. The van der Waals surface area contributed by atoms with E-state index in [1.807, 2.05) is 0 Å². The van der Waals surface area contributed by atoms with E-state index in [0.29, 0.717) is 5.41 Å². The molecule has 2 heteroatoms. The maximum absolute atomic E-state index is 6.05. The van der Waals surface area contributed by atoms with E-state index in [9.17, 15) is 0 Å². The topological polar surface area (TPSA) is 29.3 Å². The summed E-state index contributed by atoms with van der Waals surface area (Å²) in [5.74, 6) is 0. The van der Waals surface area contributed by atoms with Crippen LogP contribution >= 0.6 is 0 Å². The van der Waals surface area contributed by atoms with Gasteiger partial charge in [0.1, 0.15) is 0 Å². The van der Waals surface area contributed by atoms with E-state index in [0.717, 1.165) is 12.6 Å². The summed E-state index contributed by atoms with van der Waals surface area (Å²) in [4.78, 5) is 2.57. The molecular formula is C13H26N2. The third kappa shape index (κ3) is 2.94. The van der Waals surface area contributed by atoms with E-state index in [1.165, 1.54) is 57.9 Å². The average Bonchev–Trinajstić information content (AvgIpc) is 3.05. The van der Waals surface area contributed by atoms with Crippen LogP contribution < -0.4 is 5.73 Å². The molecule has 0 bridgehead atoms. The first-order chi connectivity index (χ1) is 7.26. The minimum atomic E-state index is 0.452. The van der Waals surface area contributed by atoms with Gasteiger partial charge in [0.15, 0.2) is 0 Å². The largest absolute Gasteiger partial charge is 0.330 e. The standard InChI is InChI=1S/C13H26N2/c1-15(12-6-7-12)11-13(10-14)8-4-2-3-5-9-13/h12H,2-11,14H2,1H3. The monoisotopic (exact) mass is 210 g/mol. The maximum atomic E-state index is 6.05. The first-order valence-electron chi connectivity index (χ1n) is 6.66. The molecule has 0 unspecified atom stereocenters. The first-order valence-corrected chi connectivity index (χ1v) is 6.66. The Morgan fingerprint density at radius 2 is 1.73 bits per heavy atom. The third-order valence-corrected chi connectivity index (χ3v) is 4.35. The average molecular weight is 210 g/mol. The highest BCUT2D eigenvalue weighted by Crippen LogP contribution is 2.37. The number of rotatable bonds is 4. The van der Waals surface area contributed by atoms with E-state index in [-0.39, 0.29) is 0 Å². The van der Waals surface area contributed by atoms with E-state index in [2.05, 4.69) is 11.9 Å². The van der Waals surface area contributed by atoms with Crippen LogP contribution in [0.2, 0.25) is 0 Å². The van der Waals surface area contributed by atoms with Crippen molar-refractivity contribution in [3.05, 3.63) is 0 Å². The van der Waals surface area contributed by atoms with Gasteiger partial charge in [-0.3, -0.25) is 0 Å². The molecule has 0 spiro atoms. The van der Waals surface area contributed by atoms with Crippen LogP contribution in [0.15, 0.2) is 0 Å². The molecule has 2 N–H and O–H groups in total. The molecule has 0 amide bonds. The zero-order valence-electron chi connectivity index (χ0n) is 10.2. The highest BCUT2D eigenvalue weighted by molar-refractivity contribution is 4.90. The van der Waals surface area contributed by atoms with E-state index >= 15 is 0 Å². The quantitative estimate of drug-likeness (QED) is 0.722. The summed E-state index contributed by atoms with van der Waals surface area (Å²) < 4.78 is 0. The van der Waals surface area contributed by atoms with Gasteiger partial charge in [-0.15, -0.1) is 0 Å². The Kier molecular flexibility index (Phi) is 3.68. The van der Waals surface area contributed by atoms with Crippen molar-refractivity contribution < 1.29 is 0 Å². The Morgan fingerprint density at radius 1 is 1.13 bits per heavy atom. The number of nitrogens with zero attached hydrogens (tertiary/aromatic N) is 1. The number of nitrogens with two attached hydrogens (primary N) is 1. The fourth-order valence-electron chi connectivity index (χ4n) is 3.08. The summed E-state index contributed by atoms with van der Waals surface area (Å²) in [7, 11) is 2.29. The number of hydrogen-bond donors (Lipinski definition) is 1. The second-order valence-corrected chi connectivity index (χ2v) is 5.76. The summed E-state index contributed by atoms with van der Waals surface area (Å²) in [6.07, 6.45) is 11.2. The van der Waals surface area contributed by atoms with Gasteiger partial charge in [-0.05, 0) is 44.7 Å². The van der Waals surface area contributed by atoms with E-state index in [4.69, 9.17) is 5.73 Å². The van der Waals surface area contributed by atoms with Gasteiger partial charge in [-0.2, -0.15) is 0 Å². The van der Waals surface area contributed by atoms with E-state index < -0.39 is 0 Å². The first kappa shape index (κ1) is 11.4. The maximum Gasteiger partial charge on any atom is 0.00936 e. The lowest BCUT2D eigenvalue weighted by Gasteiger charge is -2.35. The minimum Gasteiger partial charge on any atom is -0.330 e. The molecular weight excluding hydrogens is 184 g/mol. The molecule has 0 aromatic heterocycles. The Labute approximate surface area is 94.2 Å². The zero-order chi connectivity index (χ0) is 10.7. The van der Waals surface area contributed by atoms with Crippen LogP contribution in [-0.2, 0) is 0 Å². The van der Waals surface area contributed by atoms with Crippen LogP contribution in [-0.4, -0.2) is 31.1 Å². The SMILES string of the molecule is CN(CC1(CN)CCCCCC1)C1CC1. The molecule has 0 radical (unpaired) electrons. The Balaban J connectivity index is 1.92. The van der Waals surface area contributed by atoms with Crippen molar-refractivity contribution in [3.8, 4) is 0 Å². The lowest BCUT2D eigenvalue weighted by Crippen LogP contribution is -2.41. The normalized spacial score (nSPS) is 26.6. The van der Waals surface area contributed by atoms with Gasteiger partial charge < -0.3 is 10.6 Å². The van der Waals surface area contributed by atoms with E-state index in [1.54, 1.807) is 0 Å². The van der Waals surface area contributed by atoms with Gasteiger partial charge in [0.05, 0.1) is 0 Å². The molecule has 2 rings (SSSR count). The second-order valence-electron chi connectivity index (χ2n) is 5.76. The van der Waals surface area contributed by atoms with Gasteiger partial charge in [0, 0.05) is 12.6 Å². The molecule has 0 aromatic rings. The van der Waals surface area contributed by atoms with Gasteiger partial charge in [-0.25, -0.2) is 0 Å². The Morgan fingerprint density at radius 3 is 2.20 bits per heavy atom. The molecule has 0 heterocycles. The minimum absolute atomic E-state index is 0.452. The van der Waals surface area contributed by atoms with Gasteiger partial charge in [0.2, 0.25) is 0 Å². The van der Waals surface area contributed by atoms with Crippen LogP contribution in [0.4, 0.5) is 0 Å². The van der Waals surface area contributed by atoms with Gasteiger partial charge in [-0.1, -0.05) is 25.7 Å². The second kappa shape index (κ2) is 4.84. The molecule has 88 valence electrons. The molecule has 2 aliphatic carbocycles. The Bertz CT molecular complexity index is 191. The smallest absolute Gasteiger partial charge is 0.00936 e. The summed E-state index contributed by atoms with van der Waals surface area (Å²) in [5.41, 5.74) is 6.50. The molecule has 2 fully saturated rings. The predicted octanol–water partition coefficient (Wildman–Crippen LogP) is 2.38. The van der Waals surface area contributed by atoms with Crippen molar-refractivity contribution in [2.75, 3.05) is 20.1 Å². The van der Waals surface area contributed by atoms with Crippen molar-refractivity contribution in [1.29, 1.82) is 0 Å². The summed E-state index contributed by atoms with van der Waals surface area (Å²) in [6, 6.07) is 0.886. The lowest BCUT2D eigenvalue weighted by molar-refractivity contribution is 0.152. The fraction of sp³-hybridized carbons (Fsp3) is 1.00. The predicted molar refractivity (Wildman–Crippen MR) is 64.8 cm³/mol. The van der Waals surface area contributed by atoms with Gasteiger partial charge >= 0.3 is 0 Å². The molecule has 0 aliphatic heterocycles. The van der Waals surface area contributed by atoms with Crippen LogP contribution in [0, 0.1) is 5.41 Å². The van der Waals surface area contributed by atoms with Crippen LogP contribution in [0.1, 0.15) is 51.4 Å². The van der Waals surface area contributed by atoms with Crippen molar-refractivity contribution in [2.45, 2.75) is 57.4 Å². The highest BCUT2D eigenvalue weighted by atomic mass is 15.2. The zero-order valence-corrected chi connectivity index (χ0v) is 10.2. The molecule has 15 heavy (non-hydrogen) atoms. The van der Waals surface area contributed by atoms with Crippen LogP contribution in [0.3, 0.4) is 0 Å². The van der Waals surface area contributed by atoms with Crippen LogP contribution in [0.25, 0.3) is 0 Å². The summed E-state index contributed by atoms with van der Waals surface area (Å²) in [5, 5.41) is 0. The molecule has 2 aliphatic rings. The molecule has 0 aromatic carbocycles. The number of hydrogen-bond acceptors (Lipinski definition) is 2. The molecule has 2 nitrogen and oxygen atoms in total. The van der Waals surface area contributed by atoms with Crippen LogP contribution in [0.5, 0.6) is 0 Å². The van der Waals surface area contributed by atoms with Crippen molar-refractivity contribution in [1.82, 2.24) is 4.90 Å². The van der Waals surface area contributed by atoms with Crippen molar-refractivity contribution >= 4 is 0 Å². The third-order valence-electron chi connectivity index (χ3n) is 4.35. The summed E-state index contributed by atoms with van der Waals surface area (Å²) in [6.45, 7) is 2.14. The molecule has 0 saturated heterocycles. The highest BCUT2D eigenvalue weighted by Gasteiger charge is 2.35. The fourth-order valence-corrected chi connectivity index (χ4v) is 3.08. The lowest BCUT2D eigenvalue weighted by atomic mass is 9.80. The van der Waals surface area contributed by atoms with Gasteiger partial charge in [0.25, 0.3) is 0 Å². The molecule has 2 saturated carbocycles.